The van der Waals surface area contributed by atoms with Gasteiger partial charge in [-0.3, -0.25) is 4.68 Å². The van der Waals surface area contributed by atoms with Gasteiger partial charge in [0, 0.05) is 24.2 Å². The van der Waals surface area contributed by atoms with Crippen LogP contribution in [0, 0.1) is 6.92 Å². The van der Waals surface area contributed by atoms with E-state index in [9.17, 15) is 0 Å². The van der Waals surface area contributed by atoms with Crippen molar-refractivity contribution >= 4 is 40.5 Å². The summed E-state index contributed by atoms with van der Waals surface area (Å²) in [5, 5.41) is 9.30. The maximum Gasteiger partial charge on any atom is 0.131 e. The smallest absolute Gasteiger partial charge is 0.131 e. The van der Waals surface area contributed by atoms with Crippen molar-refractivity contribution in [2.45, 2.75) is 13.5 Å². The van der Waals surface area contributed by atoms with Crippen LogP contribution in [0.1, 0.15) is 11.3 Å². The molecule has 96 valence electrons. The van der Waals surface area contributed by atoms with Crippen LogP contribution in [-0.4, -0.2) is 9.78 Å². The van der Waals surface area contributed by atoms with Gasteiger partial charge in [-0.05, 0) is 25.1 Å². The zero-order chi connectivity index (χ0) is 13.3. The molecule has 0 amide bonds. The van der Waals surface area contributed by atoms with Crippen LogP contribution < -0.4 is 5.32 Å². The number of rotatable bonds is 3. The van der Waals surface area contributed by atoms with Crippen molar-refractivity contribution < 1.29 is 0 Å². The van der Waals surface area contributed by atoms with Gasteiger partial charge in [0.1, 0.15) is 5.15 Å². The average Bonchev–Trinajstić information content (AvgIpc) is 2.53. The van der Waals surface area contributed by atoms with Crippen molar-refractivity contribution in [3.8, 4) is 0 Å². The molecule has 3 nitrogen and oxygen atoms in total. The van der Waals surface area contributed by atoms with Crippen molar-refractivity contribution in [2.75, 3.05) is 5.32 Å². The molecule has 0 aliphatic heterocycles. The second-order valence-corrected chi connectivity index (χ2v) is 5.16. The van der Waals surface area contributed by atoms with Crippen LogP contribution in [0.2, 0.25) is 15.2 Å². The van der Waals surface area contributed by atoms with Crippen LogP contribution >= 0.6 is 34.8 Å². The Hall–Kier alpha value is -0.900. The summed E-state index contributed by atoms with van der Waals surface area (Å²) in [6.07, 6.45) is 0. The van der Waals surface area contributed by atoms with Crippen LogP contribution in [0.15, 0.2) is 18.2 Å². The molecule has 6 heteroatoms. The summed E-state index contributed by atoms with van der Waals surface area (Å²) in [6, 6.07) is 5.32. The van der Waals surface area contributed by atoms with Crippen LogP contribution in [-0.2, 0) is 13.6 Å². The molecule has 1 heterocycles. The Kier molecular flexibility index (Phi) is 4.05. The molecular weight excluding hydrogens is 293 g/mol. The second kappa shape index (κ2) is 5.39. The molecule has 0 radical (unpaired) electrons. The fraction of sp³-hybridized carbons (Fsp3) is 0.250. The van der Waals surface area contributed by atoms with Crippen molar-refractivity contribution in [3.63, 3.8) is 0 Å². The molecule has 0 spiro atoms. The van der Waals surface area contributed by atoms with Crippen LogP contribution in [0.5, 0.6) is 0 Å². The summed E-state index contributed by atoms with van der Waals surface area (Å²) in [6.45, 7) is 2.49. The minimum Gasteiger partial charge on any atom is -0.380 e. The number of aryl methyl sites for hydroxylation is 2. The van der Waals surface area contributed by atoms with Gasteiger partial charge >= 0.3 is 0 Å². The second-order valence-electron chi connectivity index (χ2n) is 3.96. The molecule has 0 aliphatic carbocycles. The van der Waals surface area contributed by atoms with Crippen LogP contribution in [0.3, 0.4) is 0 Å². The van der Waals surface area contributed by atoms with Gasteiger partial charge in [-0.25, -0.2) is 0 Å². The predicted octanol–water partition coefficient (Wildman–Crippen LogP) is 4.30. The molecule has 2 aromatic rings. The Labute approximate surface area is 121 Å². The number of hydrogen-bond donors (Lipinski definition) is 1. The van der Waals surface area contributed by atoms with Gasteiger partial charge in [-0.2, -0.15) is 5.10 Å². The molecular formula is C12H12Cl3N3. The van der Waals surface area contributed by atoms with Crippen molar-refractivity contribution in [1.29, 1.82) is 0 Å². The van der Waals surface area contributed by atoms with E-state index in [0.717, 1.165) is 16.9 Å². The first-order valence-electron chi connectivity index (χ1n) is 5.36. The molecule has 0 saturated carbocycles. The highest BCUT2D eigenvalue weighted by Gasteiger charge is 2.11. The van der Waals surface area contributed by atoms with Crippen molar-refractivity contribution in [2.24, 2.45) is 7.05 Å². The molecule has 0 unspecified atom stereocenters. The van der Waals surface area contributed by atoms with E-state index in [-0.39, 0.29) is 0 Å². The van der Waals surface area contributed by atoms with E-state index < -0.39 is 0 Å². The van der Waals surface area contributed by atoms with E-state index in [4.69, 9.17) is 34.8 Å². The molecule has 1 N–H and O–H groups in total. The Balaban J connectivity index is 2.16. The quantitative estimate of drug-likeness (QED) is 0.916. The minimum absolute atomic E-state index is 0.569. The number of nitrogens with zero attached hydrogens (tertiary/aromatic N) is 2. The monoisotopic (exact) mass is 303 g/mol. The zero-order valence-electron chi connectivity index (χ0n) is 9.97. The lowest BCUT2D eigenvalue weighted by Crippen LogP contribution is -2.01. The Morgan fingerprint density at radius 1 is 1.28 bits per heavy atom. The summed E-state index contributed by atoms with van der Waals surface area (Å²) >= 11 is 18.1. The first kappa shape index (κ1) is 13.5. The Bertz CT molecular complexity index is 578. The number of hydrogen-bond acceptors (Lipinski definition) is 2. The summed E-state index contributed by atoms with van der Waals surface area (Å²) < 4.78 is 1.65. The highest BCUT2D eigenvalue weighted by atomic mass is 35.5. The molecule has 0 saturated heterocycles. The van der Waals surface area contributed by atoms with Gasteiger partial charge in [0.05, 0.1) is 16.4 Å². The fourth-order valence-corrected chi connectivity index (χ4v) is 2.41. The number of benzene rings is 1. The topological polar surface area (TPSA) is 29.9 Å². The number of halogens is 3. The van der Waals surface area contributed by atoms with Crippen molar-refractivity contribution in [1.82, 2.24) is 9.78 Å². The van der Waals surface area contributed by atoms with Gasteiger partial charge in [0.25, 0.3) is 0 Å². The summed E-state index contributed by atoms with van der Waals surface area (Å²) in [7, 11) is 1.81. The third-order valence-electron chi connectivity index (χ3n) is 2.66. The van der Waals surface area contributed by atoms with Crippen LogP contribution in [0.25, 0.3) is 0 Å². The van der Waals surface area contributed by atoms with E-state index in [1.165, 1.54) is 0 Å². The molecule has 2 rings (SSSR count). The van der Waals surface area contributed by atoms with Crippen LogP contribution in [0.4, 0.5) is 5.69 Å². The van der Waals surface area contributed by atoms with E-state index in [2.05, 4.69) is 10.4 Å². The van der Waals surface area contributed by atoms with E-state index in [0.29, 0.717) is 21.7 Å². The van der Waals surface area contributed by atoms with Crippen molar-refractivity contribution in [3.05, 3.63) is 44.7 Å². The molecule has 0 aliphatic rings. The van der Waals surface area contributed by atoms with Gasteiger partial charge in [0.2, 0.25) is 0 Å². The van der Waals surface area contributed by atoms with Gasteiger partial charge in [-0.15, -0.1) is 0 Å². The lowest BCUT2D eigenvalue weighted by atomic mass is 10.2. The fourth-order valence-electron chi connectivity index (χ4n) is 1.69. The highest BCUT2D eigenvalue weighted by molar-refractivity contribution is 6.36. The molecule has 0 atom stereocenters. The SMILES string of the molecule is Cc1nn(C)c(Cl)c1CNc1ccc(Cl)cc1Cl. The van der Waals surface area contributed by atoms with Gasteiger partial charge in [0.15, 0.2) is 0 Å². The van der Waals surface area contributed by atoms with Gasteiger partial charge < -0.3 is 5.32 Å². The molecule has 18 heavy (non-hydrogen) atoms. The Morgan fingerprint density at radius 3 is 2.56 bits per heavy atom. The van der Waals surface area contributed by atoms with Gasteiger partial charge in [-0.1, -0.05) is 34.8 Å². The summed E-state index contributed by atoms with van der Waals surface area (Å²) in [5.74, 6) is 0. The third-order valence-corrected chi connectivity index (χ3v) is 3.68. The number of anilines is 1. The lowest BCUT2D eigenvalue weighted by Gasteiger charge is -2.08. The normalized spacial score (nSPS) is 10.7. The zero-order valence-corrected chi connectivity index (χ0v) is 12.2. The van der Waals surface area contributed by atoms with E-state index in [1.54, 1.807) is 16.8 Å². The largest absolute Gasteiger partial charge is 0.380 e. The maximum absolute atomic E-state index is 6.15. The Morgan fingerprint density at radius 2 is 2.00 bits per heavy atom. The first-order valence-corrected chi connectivity index (χ1v) is 6.49. The molecule has 0 fully saturated rings. The molecule has 1 aromatic heterocycles. The predicted molar refractivity (Wildman–Crippen MR) is 76.7 cm³/mol. The molecule has 0 bridgehead atoms. The number of aromatic nitrogens is 2. The lowest BCUT2D eigenvalue weighted by molar-refractivity contribution is 0.757. The first-order chi connectivity index (χ1) is 8.49. The maximum atomic E-state index is 6.15. The number of nitrogens with one attached hydrogen (secondary N) is 1. The standard InChI is InChI=1S/C12H12Cl3N3/c1-7-9(12(15)18(2)17-7)6-16-11-4-3-8(13)5-10(11)14/h3-5,16H,6H2,1-2H3. The average molecular weight is 305 g/mol. The summed E-state index contributed by atoms with van der Waals surface area (Å²) in [4.78, 5) is 0. The third kappa shape index (κ3) is 2.74. The van der Waals surface area contributed by atoms with E-state index >= 15 is 0 Å². The molecule has 1 aromatic carbocycles. The summed E-state index contributed by atoms with van der Waals surface area (Å²) in [5.41, 5.74) is 2.69. The highest BCUT2D eigenvalue weighted by Crippen LogP contribution is 2.27. The van der Waals surface area contributed by atoms with E-state index in [1.807, 2.05) is 20.0 Å². The minimum atomic E-state index is 0.569.